The summed E-state index contributed by atoms with van der Waals surface area (Å²) in [6, 6.07) is 16.5. The van der Waals surface area contributed by atoms with Crippen LogP contribution >= 0.6 is 0 Å². The maximum Gasteiger partial charge on any atom is 0.347 e. The number of anilines is 2. The number of benzene rings is 2. The molecule has 0 amide bonds. The molecule has 0 spiro atoms. The molecule has 1 N–H and O–H groups in total. The molecule has 3 rings (SSSR count). The van der Waals surface area contributed by atoms with Crippen LogP contribution in [0.2, 0.25) is 0 Å². The fourth-order valence-corrected chi connectivity index (χ4v) is 2.22. The Morgan fingerprint density at radius 3 is 2.55 bits per heavy atom. The van der Waals surface area contributed by atoms with E-state index in [1.54, 1.807) is 18.2 Å². The predicted octanol–water partition coefficient (Wildman–Crippen LogP) is 2.90. The molecule has 22 heavy (non-hydrogen) atoms. The molecule has 5 nitrogen and oxygen atoms in total. The Bertz CT molecular complexity index is 684. The summed E-state index contributed by atoms with van der Waals surface area (Å²) < 4.78 is 10.0. The second kappa shape index (κ2) is 6.30. The number of para-hydroxylation sites is 2. The Morgan fingerprint density at radius 2 is 1.82 bits per heavy atom. The minimum absolute atomic E-state index is 0.292. The molecule has 1 fully saturated rings. The molecule has 1 aliphatic heterocycles. The molecule has 1 saturated heterocycles. The monoisotopic (exact) mass is 297 g/mol. The molecular formula is C17H15NO4. The second-order valence-corrected chi connectivity index (χ2v) is 4.89. The van der Waals surface area contributed by atoms with Crippen LogP contribution < -0.4 is 5.32 Å². The number of hydrogen-bond donors (Lipinski definition) is 1. The van der Waals surface area contributed by atoms with Crippen LogP contribution in [0.3, 0.4) is 0 Å². The summed E-state index contributed by atoms with van der Waals surface area (Å²) in [5.74, 6) is -1.02. The Labute approximate surface area is 127 Å². The summed E-state index contributed by atoms with van der Waals surface area (Å²) >= 11 is 0. The summed E-state index contributed by atoms with van der Waals surface area (Å²) in [6.07, 6.45) is -0.406. The first-order valence-corrected chi connectivity index (χ1v) is 7.03. The van der Waals surface area contributed by atoms with Crippen LogP contribution in [0.4, 0.5) is 11.4 Å². The lowest BCUT2D eigenvalue weighted by Gasteiger charge is -2.13. The number of carbonyl (C=O) groups is 2. The molecule has 1 heterocycles. The van der Waals surface area contributed by atoms with E-state index in [0.717, 1.165) is 5.69 Å². The Morgan fingerprint density at radius 1 is 1.09 bits per heavy atom. The highest BCUT2D eigenvalue weighted by atomic mass is 16.6. The second-order valence-electron chi connectivity index (χ2n) is 4.89. The van der Waals surface area contributed by atoms with Gasteiger partial charge in [0.05, 0.1) is 17.9 Å². The largest absolute Gasteiger partial charge is 0.463 e. The quantitative estimate of drug-likeness (QED) is 0.879. The SMILES string of the molecule is O=C(OC1CCOC1=O)c1ccccc1Nc1ccccc1. The fraction of sp³-hybridized carbons (Fsp3) is 0.176. The average Bonchev–Trinajstić information content (AvgIpc) is 2.94. The van der Waals surface area contributed by atoms with Crippen LogP contribution in [0.15, 0.2) is 54.6 Å². The molecule has 1 aliphatic rings. The van der Waals surface area contributed by atoms with Crippen molar-refractivity contribution in [1.82, 2.24) is 0 Å². The van der Waals surface area contributed by atoms with Crippen LogP contribution in [-0.2, 0) is 14.3 Å². The van der Waals surface area contributed by atoms with Gasteiger partial charge in [-0.2, -0.15) is 0 Å². The van der Waals surface area contributed by atoms with Crippen molar-refractivity contribution in [1.29, 1.82) is 0 Å². The first-order chi connectivity index (χ1) is 10.7. The zero-order valence-electron chi connectivity index (χ0n) is 11.8. The first kappa shape index (κ1) is 14.1. The lowest BCUT2D eigenvalue weighted by atomic mass is 10.1. The molecule has 2 aromatic rings. The normalized spacial score (nSPS) is 16.9. The molecule has 0 aliphatic carbocycles. The Hall–Kier alpha value is -2.82. The molecule has 0 aromatic heterocycles. The van der Waals surface area contributed by atoms with Crippen LogP contribution in [0, 0.1) is 0 Å². The van der Waals surface area contributed by atoms with Crippen molar-refractivity contribution in [2.24, 2.45) is 0 Å². The molecule has 5 heteroatoms. The molecule has 0 radical (unpaired) electrons. The summed E-state index contributed by atoms with van der Waals surface area (Å²) in [5.41, 5.74) is 1.87. The summed E-state index contributed by atoms with van der Waals surface area (Å²) in [7, 11) is 0. The van der Waals surface area contributed by atoms with Gasteiger partial charge in [0.15, 0.2) is 0 Å². The van der Waals surface area contributed by atoms with Crippen molar-refractivity contribution in [3.63, 3.8) is 0 Å². The van der Waals surface area contributed by atoms with Crippen molar-refractivity contribution >= 4 is 23.3 Å². The van der Waals surface area contributed by atoms with Crippen molar-refractivity contribution in [2.75, 3.05) is 11.9 Å². The third-order valence-corrected chi connectivity index (χ3v) is 3.34. The van der Waals surface area contributed by atoms with Crippen LogP contribution in [0.25, 0.3) is 0 Å². The molecule has 1 unspecified atom stereocenters. The molecule has 2 aromatic carbocycles. The molecule has 112 valence electrons. The van der Waals surface area contributed by atoms with Gasteiger partial charge in [0.2, 0.25) is 6.10 Å². The van der Waals surface area contributed by atoms with Gasteiger partial charge < -0.3 is 14.8 Å². The zero-order valence-corrected chi connectivity index (χ0v) is 11.8. The van der Waals surface area contributed by atoms with Gasteiger partial charge in [-0.25, -0.2) is 9.59 Å². The lowest BCUT2D eigenvalue weighted by molar-refractivity contribution is -0.145. The van der Waals surface area contributed by atoms with Gasteiger partial charge in [0, 0.05) is 12.1 Å². The fourth-order valence-electron chi connectivity index (χ4n) is 2.22. The molecule has 0 saturated carbocycles. The standard InChI is InChI=1S/C17H15NO4/c19-16(22-15-10-11-21-17(15)20)13-8-4-5-9-14(13)18-12-6-2-1-3-7-12/h1-9,15,18H,10-11H2. The highest BCUT2D eigenvalue weighted by Crippen LogP contribution is 2.23. The van der Waals surface area contributed by atoms with E-state index in [1.165, 1.54) is 0 Å². The smallest absolute Gasteiger partial charge is 0.347 e. The number of hydrogen-bond acceptors (Lipinski definition) is 5. The van der Waals surface area contributed by atoms with Crippen LogP contribution in [0.5, 0.6) is 0 Å². The number of esters is 2. The minimum Gasteiger partial charge on any atom is -0.463 e. The van der Waals surface area contributed by atoms with E-state index in [2.05, 4.69) is 5.32 Å². The summed E-state index contributed by atoms with van der Waals surface area (Å²) in [5, 5.41) is 3.17. The highest BCUT2D eigenvalue weighted by molar-refractivity contribution is 5.97. The van der Waals surface area contributed by atoms with Crippen molar-refractivity contribution in [2.45, 2.75) is 12.5 Å². The number of carbonyl (C=O) groups excluding carboxylic acids is 2. The Balaban J connectivity index is 1.78. The zero-order chi connectivity index (χ0) is 15.4. The lowest BCUT2D eigenvalue weighted by Crippen LogP contribution is -2.23. The highest BCUT2D eigenvalue weighted by Gasteiger charge is 2.31. The van der Waals surface area contributed by atoms with E-state index >= 15 is 0 Å². The van der Waals surface area contributed by atoms with Crippen LogP contribution in [-0.4, -0.2) is 24.6 Å². The predicted molar refractivity (Wildman–Crippen MR) is 80.9 cm³/mol. The third kappa shape index (κ3) is 3.09. The van der Waals surface area contributed by atoms with E-state index < -0.39 is 18.0 Å². The van der Waals surface area contributed by atoms with E-state index in [1.807, 2.05) is 36.4 Å². The van der Waals surface area contributed by atoms with Gasteiger partial charge in [0.25, 0.3) is 0 Å². The third-order valence-electron chi connectivity index (χ3n) is 3.34. The Kier molecular flexibility index (Phi) is 4.05. The topological polar surface area (TPSA) is 64.6 Å². The van der Waals surface area contributed by atoms with E-state index in [4.69, 9.17) is 9.47 Å². The number of nitrogens with one attached hydrogen (secondary N) is 1. The molecular weight excluding hydrogens is 282 g/mol. The van der Waals surface area contributed by atoms with Crippen LogP contribution in [0.1, 0.15) is 16.8 Å². The van der Waals surface area contributed by atoms with Gasteiger partial charge in [-0.1, -0.05) is 30.3 Å². The average molecular weight is 297 g/mol. The van der Waals surface area contributed by atoms with Gasteiger partial charge >= 0.3 is 11.9 Å². The summed E-state index contributed by atoms with van der Waals surface area (Å²) in [6.45, 7) is 0.292. The van der Waals surface area contributed by atoms with Crippen molar-refractivity contribution in [3.05, 3.63) is 60.2 Å². The number of rotatable bonds is 4. The number of ether oxygens (including phenoxy) is 2. The first-order valence-electron chi connectivity index (χ1n) is 7.03. The van der Waals surface area contributed by atoms with Crippen molar-refractivity contribution < 1.29 is 19.1 Å². The van der Waals surface area contributed by atoms with Gasteiger partial charge in [-0.3, -0.25) is 0 Å². The maximum atomic E-state index is 12.3. The van der Waals surface area contributed by atoms with Gasteiger partial charge in [-0.15, -0.1) is 0 Å². The van der Waals surface area contributed by atoms with E-state index in [0.29, 0.717) is 24.3 Å². The molecule has 0 bridgehead atoms. The van der Waals surface area contributed by atoms with Gasteiger partial charge in [0.1, 0.15) is 0 Å². The minimum atomic E-state index is -0.808. The maximum absolute atomic E-state index is 12.3. The number of cyclic esters (lactones) is 1. The molecule has 1 atom stereocenters. The summed E-state index contributed by atoms with van der Waals surface area (Å²) in [4.78, 5) is 23.7. The van der Waals surface area contributed by atoms with Crippen molar-refractivity contribution in [3.8, 4) is 0 Å². The van der Waals surface area contributed by atoms with Gasteiger partial charge in [-0.05, 0) is 24.3 Å². The van der Waals surface area contributed by atoms with E-state index in [9.17, 15) is 9.59 Å². The van der Waals surface area contributed by atoms with E-state index in [-0.39, 0.29) is 0 Å².